The van der Waals surface area contributed by atoms with Crippen LogP contribution in [0.15, 0.2) is 24.3 Å². The topological polar surface area (TPSA) is 29.3 Å². The number of rotatable bonds is 3. The van der Waals surface area contributed by atoms with Crippen LogP contribution in [0, 0.1) is 6.92 Å². The predicted molar refractivity (Wildman–Crippen MR) is 64.4 cm³/mol. The SMILES string of the molecule is Cc1cccc(C(C(N)=S)N(C)C)c1. The van der Waals surface area contributed by atoms with Crippen molar-refractivity contribution in [3.8, 4) is 0 Å². The summed E-state index contributed by atoms with van der Waals surface area (Å²) in [5, 5.41) is 0. The molecule has 76 valence electrons. The maximum absolute atomic E-state index is 5.71. The van der Waals surface area contributed by atoms with Crippen LogP contribution in [0.2, 0.25) is 0 Å². The van der Waals surface area contributed by atoms with Gasteiger partial charge in [-0.1, -0.05) is 42.0 Å². The van der Waals surface area contributed by atoms with E-state index in [2.05, 4.69) is 25.1 Å². The summed E-state index contributed by atoms with van der Waals surface area (Å²) in [5.74, 6) is 0. The minimum absolute atomic E-state index is 0.0323. The van der Waals surface area contributed by atoms with E-state index in [0.29, 0.717) is 4.99 Å². The van der Waals surface area contributed by atoms with Crippen molar-refractivity contribution in [3.63, 3.8) is 0 Å². The molecule has 1 aromatic carbocycles. The molecule has 3 heteroatoms. The van der Waals surface area contributed by atoms with Crippen molar-refractivity contribution >= 4 is 17.2 Å². The fraction of sp³-hybridized carbons (Fsp3) is 0.364. The molecule has 0 saturated carbocycles. The van der Waals surface area contributed by atoms with Gasteiger partial charge in [-0.05, 0) is 26.6 Å². The van der Waals surface area contributed by atoms with Crippen LogP contribution in [0.5, 0.6) is 0 Å². The molecule has 0 radical (unpaired) electrons. The summed E-state index contributed by atoms with van der Waals surface area (Å²) in [5.41, 5.74) is 8.09. The number of hydrogen-bond acceptors (Lipinski definition) is 2. The van der Waals surface area contributed by atoms with Crippen molar-refractivity contribution in [2.75, 3.05) is 14.1 Å². The first-order chi connectivity index (χ1) is 6.52. The van der Waals surface area contributed by atoms with E-state index in [4.69, 9.17) is 18.0 Å². The Balaban J connectivity index is 3.05. The van der Waals surface area contributed by atoms with E-state index >= 15 is 0 Å². The van der Waals surface area contributed by atoms with Crippen molar-refractivity contribution in [3.05, 3.63) is 35.4 Å². The molecule has 1 aromatic rings. The Labute approximate surface area is 90.7 Å². The molecule has 2 N–H and O–H groups in total. The Hall–Kier alpha value is -0.930. The van der Waals surface area contributed by atoms with E-state index in [1.165, 1.54) is 5.56 Å². The predicted octanol–water partition coefficient (Wildman–Crippen LogP) is 1.88. The molecule has 0 fully saturated rings. The molecule has 0 aliphatic rings. The minimum Gasteiger partial charge on any atom is -0.392 e. The highest BCUT2D eigenvalue weighted by Crippen LogP contribution is 2.19. The molecule has 0 saturated heterocycles. The molecule has 14 heavy (non-hydrogen) atoms. The van der Waals surface area contributed by atoms with E-state index in [-0.39, 0.29) is 6.04 Å². The third kappa shape index (κ3) is 2.53. The van der Waals surface area contributed by atoms with E-state index in [1.807, 2.05) is 25.1 Å². The summed E-state index contributed by atoms with van der Waals surface area (Å²) in [4.78, 5) is 2.54. The number of likely N-dealkylation sites (N-methyl/N-ethyl adjacent to an activating group) is 1. The van der Waals surface area contributed by atoms with Gasteiger partial charge in [0.2, 0.25) is 0 Å². The molecule has 1 rings (SSSR count). The van der Waals surface area contributed by atoms with Crippen LogP contribution in [0.1, 0.15) is 17.2 Å². The van der Waals surface area contributed by atoms with Gasteiger partial charge in [-0.25, -0.2) is 0 Å². The Bertz CT molecular complexity index is 334. The lowest BCUT2D eigenvalue weighted by molar-refractivity contribution is 0.371. The smallest absolute Gasteiger partial charge is 0.0948 e. The highest BCUT2D eigenvalue weighted by atomic mass is 32.1. The third-order valence-corrected chi connectivity index (χ3v) is 2.37. The molecule has 0 bridgehead atoms. The lowest BCUT2D eigenvalue weighted by atomic mass is 10.0. The van der Waals surface area contributed by atoms with Gasteiger partial charge >= 0.3 is 0 Å². The number of hydrogen-bond donors (Lipinski definition) is 1. The first-order valence-electron chi connectivity index (χ1n) is 4.54. The van der Waals surface area contributed by atoms with E-state index in [9.17, 15) is 0 Å². The third-order valence-electron chi connectivity index (χ3n) is 2.14. The average Bonchev–Trinajstić information content (AvgIpc) is 2.02. The molecule has 0 aliphatic carbocycles. The Kier molecular flexibility index (Phi) is 3.61. The summed E-state index contributed by atoms with van der Waals surface area (Å²) < 4.78 is 0. The van der Waals surface area contributed by atoms with Crippen molar-refractivity contribution in [1.82, 2.24) is 4.90 Å². The zero-order valence-corrected chi connectivity index (χ0v) is 9.64. The molecule has 1 atom stereocenters. The molecule has 0 aliphatic heterocycles. The molecule has 0 spiro atoms. The zero-order chi connectivity index (χ0) is 10.7. The summed E-state index contributed by atoms with van der Waals surface area (Å²) in [6.07, 6.45) is 0. The largest absolute Gasteiger partial charge is 0.392 e. The number of nitrogens with two attached hydrogens (primary N) is 1. The maximum Gasteiger partial charge on any atom is 0.0948 e. The van der Waals surface area contributed by atoms with Crippen LogP contribution in [0.4, 0.5) is 0 Å². The second-order valence-corrected chi connectivity index (χ2v) is 4.15. The van der Waals surface area contributed by atoms with Crippen molar-refractivity contribution < 1.29 is 0 Å². The number of nitrogens with zero attached hydrogens (tertiary/aromatic N) is 1. The van der Waals surface area contributed by atoms with Gasteiger partial charge in [-0.3, -0.25) is 4.90 Å². The van der Waals surface area contributed by atoms with Gasteiger partial charge in [0.15, 0.2) is 0 Å². The van der Waals surface area contributed by atoms with Crippen molar-refractivity contribution in [2.24, 2.45) is 5.73 Å². The summed E-state index contributed by atoms with van der Waals surface area (Å²) >= 11 is 5.05. The molecular weight excluding hydrogens is 192 g/mol. The molecule has 0 aromatic heterocycles. The van der Waals surface area contributed by atoms with E-state index < -0.39 is 0 Å². The highest BCUT2D eigenvalue weighted by molar-refractivity contribution is 7.80. The quantitative estimate of drug-likeness (QED) is 0.769. The highest BCUT2D eigenvalue weighted by Gasteiger charge is 2.16. The van der Waals surface area contributed by atoms with Crippen LogP contribution in [0.25, 0.3) is 0 Å². The Morgan fingerprint density at radius 2 is 2.07 bits per heavy atom. The molecule has 0 amide bonds. The molecule has 1 unspecified atom stereocenters. The maximum atomic E-state index is 5.71. The Morgan fingerprint density at radius 1 is 1.43 bits per heavy atom. The second kappa shape index (κ2) is 4.53. The van der Waals surface area contributed by atoms with Crippen LogP contribution >= 0.6 is 12.2 Å². The van der Waals surface area contributed by atoms with Crippen LogP contribution < -0.4 is 5.73 Å². The number of thiocarbonyl (C=S) groups is 1. The van der Waals surface area contributed by atoms with Gasteiger partial charge in [0, 0.05) is 0 Å². The first-order valence-corrected chi connectivity index (χ1v) is 4.95. The monoisotopic (exact) mass is 208 g/mol. The van der Waals surface area contributed by atoms with Crippen LogP contribution in [0.3, 0.4) is 0 Å². The second-order valence-electron chi connectivity index (χ2n) is 3.68. The van der Waals surface area contributed by atoms with E-state index in [0.717, 1.165) is 5.56 Å². The standard InChI is InChI=1S/C11H16N2S/c1-8-5-4-6-9(7-8)10(11(12)14)13(2)3/h4-7,10H,1-3H3,(H2,12,14). The molecular formula is C11H16N2S. The lowest BCUT2D eigenvalue weighted by Gasteiger charge is -2.23. The normalized spacial score (nSPS) is 12.9. The summed E-state index contributed by atoms with van der Waals surface area (Å²) in [6, 6.07) is 8.29. The number of benzene rings is 1. The van der Waals surface area contributed by atoms with E-state index in [1.54, 1.807) is 0 Å². The fourth-order valence-electron chi connectivity index (χ4n) is 1.56. The Morgan fingerprint density at radius 3 is 2.50 bits per heavy atom. The molecule has 2 nitrogen and oxygen atoms in total. The van der Waals surface area contributed by atoms with Crippen LogP contribution in [-0.4, -0.2) is 24.0 Å². The molecule has 0 heterocycles. The number of aryl methyl sites for hydroxylation is 1. The van der Waals surface area contributed by atoms with Gasteiger partial charge in [0.25, 0.3) is 0 Å². The van der Waals surface area contributed by atoms with Crippen molar-refractivity contribution in [1.29, 1.82) is 0 Å². The van der Waals surface area contributed by atoms with Gasteiger partial charge in [0.05, 0.1) is 11.0 Å². The van der Waals surface area contributed by atoms with Gasteiger partial charge in [0.1, 0.15) is 0 Å². The van der Waals surface area contributed by atoms with Gasteiger partial charge in [-0.15, -0.1) is 0 Å². The van der Waals surface area contributed by atoms with Gasteiger partial charge < -0.3 is 5.73 Å². The lowest BCUT2D eigenvalue weighted by Crippen LogP contribution is -2.31. The first kappa shape index (κ1) is 11.1. The average molecular weight is 208 g/mol. The zero-order valence-electron chi connectivity index (χ0n) is 8.82. The fourth-order valence-corrected chi connectivity index (χ4v) is 1.90. The van der Waals surface area contributed by atoms with Gasteiger partial charge in [-0.2, -0.15) is 0 Å². The minimum atomic E-state index is 0.0323. The summed E-state index contributed by atoms with van der Waals surface area (Å²) in [6.45, 7) is 2.07. The summed E-state index contributed by atoms with van der Waals surface area (Å²) in [7, 11) is 3.96. The van der Waals surface area contributed by atoms with Crippen LogP contribution in [-0.2, 0) is 0 Å². The van der Waals surface area contributed by atoms with Crippen molar-refractivity contribution in [2.45, 2.75) is 13.0 Å².